The van der Waals surface area contributed by atoms with Crippen LogP contribution in [0.2, 0.25) is 0 Å². The highest BCUT2D eigenvalue weighted by molar-refractivity contribution is 5.42. The van der Waals surface area contributed by atoms with Crippen molar-refractivity contribution in [3.63, 3.8) is 0 Å². The van der Waals surface area contributed by atoms with Crippen molar-refractivity contribution in [2.45, 2.75) is 44.1 Å². The van der Waals surface area contributed by atoms with Crippen molar-refractivity contribution in [1.82, 2.24) is 10.1 Å². The predicted molar refractivity (Wildman–Crippen MR) is 75.2 cm³/mol. The van der Waals surface area contributed by atoms with Gasteiger partial charge in [0.2, 0.25) is 5.89 Å². The van der Waals surface area contributed by atoms with Gasteiger partial charge < -0.3 is 10.3 Å². The summed E-state index contributed by atoms with van der Waals surface area (Å²) >= 11 is 0. The van der Waals surface area contributed by atoms with Crippen LogP contribution in [-0.2, 0) is 12.0 Å². The molecule has 2 N–H and O–H groups in total. The third kappa shape index (κ3) is 1.71. The highest BCUT2D eigenvalue weighted by Gasteiger charge is 2.56. The summed E-state index contributed by atoms with van der Waals surface area (Å²) in [7, 11) is 0. The van der Waals surface area contributed by atoms with Crippen molar-refractivity contribution >= 4 is 0 Å². The Morgan fingerprint density at radius 3 is 2.80 bits per heavy atom. The van der Waals surface area contributed by atoms with Crippen LogP contribution in [0.4, 0.5) is 0 Å². The van der Waals surface area contributed by atoms with Gasteiger partial charge in [0.05, 0.1) is 5.54 Å². The first kappa shape index (κ1) is 12.1. The normalized spacial score (nSPS) is 27.9. The van der Waals surface area contributed by atoms with E-state index in [9.17, 15) is 0 Å². The first-order chi connectivity index (χ1) is 9.55. The topological polar surface area (TPSA) is 64.9 Å². The van der Waals surface area contributed by atoms with E-state index in [4.69, 9.17) is 10.3 Å². The van der Waals surface area contributed by atoms with Crippen LogP contribution in [0.5, 0.6) is 0 Å². The van der Waals surface area contributed by atoms with E-state index in [1.54, 1.807) is 0 Å². The second kappa shape index (κ2) is 3.92. The minimum absolute atomic E-state index is 0.391. The van der Waals surface area contributed by atoms with Crippen molar-refractivity contribution in [3.8, 4) is 0 Å². The summed E-state index contributed by atoms with van der Waals surface area (Å²) in [5.74, 6) is 2.99. The highest BCUT2D eigenvalue weighted by Crippen LogP contribution is 2.64. The molecular weight excluding hydrogens is 250 g/mol. The third-order valence-electron chi connectivity index (χ3n) is 4.63. The fraction of sp³-hybridized carbons (Fsp3) is 0.500. The van der Waals surface area contributed by atoms with E-state index in [1.165, 1.54) is 17.5 Å². The van der Waals surface area contributed by atoms with Gasteiger partial charge >= 0.3 is 0 Å². The third-order valence-corrected chi connectivity index (χ3v) is 4.63. The van der Waals surface area contributed by atoms with Crippen molar-refractivity contribution in [3.05, 3.63) is 47.1 Å². The molecule has 104 valence electrons. The summed E-state index contributed by atoms with van der Waals surface area (Å²) < 4.78 is 5.48. The zero-order chi connectivity index (χ0) is 13.9. The Morgan fingerprint density at radius 1 is 1.25 bits per heavy atom. The van der Waals surface area contributed by atoms with Gasteiger partial charge in [0.25, 0.3) is 0 Å². The van der Waals surface area contributed by atoms with Crippen molar-refractivity contribution in [1.29, 1.82) is 0 Å². The number of hydrogen-bond donors (Lipinski definition) is 1. The largest absolute Gasteiger partial charge is 0.339 e. The monoisotopic (exact) mass is 269 g/mol. The number of nitrogens with zero attached hydrogens (tertiary/aromatic N) is 2. The molecule has 2 aromatic rings. The lowest BCUT2D eigenvalue weighted by Crippen LogP contribution is -2.30. The molecule has 4 rings (SSSR count). The van der Waals surface area contributed by atoms with Gasteiger partial charge in [-0.05, 0) is 49.7 Å². The molecule has 4 nitrogen and oxygen atoms in total. The molecule has 4 heteroatoms. The fourth-order valence-corrected chi connectivity index (χ4v) is 3.54. The Bertz CT molecular complexity index is 656. The molecule has 20 heavy (non-hydrogen) atoms. The lowest BCUT2D eigenvalue weighted by atomic mass is 9.92. The van der Waals surface area contributed by atoms with E-state index < -0.39 is 5.54 Å². The quantitative estimate of drug-likeness (QED) is 0.910. The van der Waals surface area contributed by atoms with E-state index in [1.807, 2.05) is 13.8 Å². The number of aryl methyl sites for hydroxylation is 1. The molecule has 0 radical (unpaired) electrons. The van der Waals surface area contributed by atoms with Gasteiger partial charge in [0.15, 0.2) is 5.82 Å². The summed E-state index contributed by atoms with van der Waals surface area (Å²) in [6.45, 7) is 3.80. The number of nitrogens with two attached hydrogens (primary N) is 1. The van der Waals surface area contributed by atoms with Gasteiger partial charge in [0, 0.05) is 5.92 Å². The zero-order valence-electron chi connectivity index (χ0n) is 11.8. The average molecular weight is 269 g/mol. The number of aromatic nitrogens is 2. The molecule has 3 unspecified atom stereocenters. The minimum Gasteiger partial charge on any atom is -0.339 e. The first-order valence-corrected chi connectivity index (χ1v) is 7.26. The Balaban J connectivity index is 1.66. The molecule has 2 aliphatic rings. The van der Waals surface area contributed by atoms with Crippen molar-refractivity contribution < 1.29 is 4.52 Å². The van der Waals surface area contributed by atoms with Crippen LogP contribution in [0.3, 0.4) is 0 Å². The van der Waals surface area contributed by atoms with Crippen LogP contribution < -0.4 is 5.73 Å². The van der Waals surface area contributed by atoms with Gasteiger partial charge in [-0.3, -0.25) is 0 Å². The summed E-state index contributed by atoms with van der Waals surface area (Å²) in [5, 5.41) is 4.05. The van der Waals surface area contributed by atoms with Gasteiger partial charge in [-0.2, -0.15) is 4.98 Å². The number of hydrogen-bond acceptors (Lipinski definition) is 4. The first-order valence-electron chi connectivity index (χ1n) is 7.26. The second-order valence-corrected chi connectivity index (χ2v) is 6.63. The molecule has 2 aliphatic carbocycles. The van der Waals surface area contributed by atoms with Crippen molar-refractivity contribution in [2.24, 2.45) is 11.7 Å². The molecular formula is C16H19N3O. The van der Waals surface area contributed by atoms with E-state index in [-0.39, 0.29) is 0 Å². The fourth-order valence-electron chi connectivity index (χ4n) is 3.54. The molecule has 1 fully saturated rings. The minimum atomic E-state index is -0.542. The Kier molecular flexibility index (Phi) is 2.37. The number of benzene rings is 1. The average Bonchev–Trinajstić information content (AvgIpc) is 2.94. The predicted octanol–water partition coefficient (Wildman–Crippen LogP) is 2.71. The molecule has 0 amide bonds. The SMILES string of the molecule is CC(C)(N)c1noc(C2C3CCc4ccccc4C32)n1. The number of rotatable bonds is 2. The van der Waals surface area contributed by atoms with Crippen LogP contribution in [0.25, 0.3) is 0 Å². The van der Waals surface area contributed by atoms with Crippen molar-refractivity contribution in [2.75, 3.05) is 0 Å². The maximum absolute atomic E-state index is 6.03. The lowest BCUT2D eigenvalue weighted by Gasteiger charge is -2.13. The maximum atomic E-state index is 6.03. The van der Waals surface area contributed by atoms with Gasteiger partial charge in [-0.1, -0.05) is 29.4 Å². The van der Waals surface area contributed by atoms with E-state index in [0.29, 0.717) is 23.6 Å². The molecule has 1 heterocycles. The molecule has 0 bridgehead atoms. The van der Waals surface area contributed by atoms with E-state index >= 15 is 0 Å². The van der Waals surface area contributed by atoms with Crippen LogP contribution in [-0.4, -0.2) is 10.1 Å². The molecule has 1 aromatic heterocycles. The van der Waals surface area contributed by atoms with E-state index in [0.717, 1.165) is 12.3 Å². The van der Waals surface area contributed by atoms with Gasteiger partial charge in [-0.25, -0.2) is 0 Å². The van der Waals surface area contributed by atoms with Crippen LogP contribution in [0.15, 0.2) is 28.8 Å². The lowest BCUT2D eigenvalue weighted by molar-refractivity contribution is 0.357. The Morgan fingerprint density at radius 2 is 2.05 bits per heavy atom. The van der Waals surface area contributed by atoms with Crippen LogP contribution >= 0.6 is 0 Å². The van der Waals surface area contributed by atoms with Gasteiger partial charge in [0.1, 0.15) is 0 Å². The molecule has 1 aromatic carbocycles. The Hall–Kier alpha value is -1.68. The highest BCUT2D eigenvalue weighted by atomic mass is 16.5. The maximum Gasteiger partial charge on any atom is 0.230 e. The van der Waals surface area contributed by atoms with Gasteiger partial charge in [-0.15, -0.1) is 0 Å². The molecule has 0 saturated heterocycles. The summed E-state index contributed by atoms with van der Waals surface area (Å²) in [6.07, 6.45) is 2.38. The second-order valence-electron chi connectivity index (χ2n) is 6.63. The van der Waals surface area contributed by atoms with Crippen LogP contribution in [0.1, 0.15) is 54.9 Å². The number of fused-ring (bicyclic) bond motifs is 3. The zero-order valence-corrected chi connectivity index (χ0v) is 11.8. The standard InChI is InChI=1S/C16H19N3O/c1-16(2,17)15-18-14(20-19-15)13-11-8-7-9-5-3-4-6-10(9)12(11)13/h3-6,11-13H,7-8,17H2,1-2H3. The Labute approximate surface area is 118 Å². The smallest absolute Gasteiger partial charge is 0.230 e. The molecule has 0 spiro atoms. The summed E-state index contributed by atoms with van der Waals surface area (Å²) in [5.41, 5.74) is 8.44. The molecule has 3 atom stereocenters. The van der Waals surface area contributed by atoms with Crippen LogP contribution in [0, 0.1) is 5.92 Å². The molecule has 0 aliphatic heterocycles. The summed E-state index contributed by atoms with van der Waals surface area (Å²) in [6, 6.07) is 8.73. The molecule has 1 saturated carbocycles. The summed E-state index contributed by atoms with van der Waals surface area (Å²) in [4.78, 5) is 4.54. The van der Waals surface area contributed by atoms with E-state index in [2.05, 4.69) is 34.4 Å².